The number of para-hydroxylation sites is 2. The summed E-state index contributed by atoms with van der Waals surface area (Å²) in [4.78, 5) is 10.3. The summed E-state index contributed by atoms with van der Waals surface area (Å²) in [7, 11) is -4.48. The lowest BCUT2D eigenvalue weighted by Gasteiger charge is -2.32. The molecule has 0 fully saturated rings. The van der Waals surface area contributed by atoms with E-state index < -0.39 is 20.9 Å². The lowest BCUT2D eigenvalue weighted by Crippen LogP contribution is -2.37. The van der Waals surface area contributed by atoms with Gasteiger partial charge in [-0.2, -0.15) is 8.42 Å². The Bertz CT molecular complexity index is 1260. The Morgan fingerprint density at radius 1 is 0.649 bits per heavy atom. The van der Waals surface area contributed by atoms with E-state index in [1.54, 1.807) is 6.07 Å². The minimum atomic E-state index is -4.48. The van der Waals surface area contributed by atoms with Gasteiger partial charge in [0.2, 0.25) is 0 Å². The number of aliphatic imine (C=N–C) groups is 2. The highest BCUT2D eigenvalue weighted by Crippen LogP contribution is 2.40. The molecule has 2 rings (SSSR count). The normalized spacial score (nSPS) is 14.3. The zero-order chi connectivity index (χ0) is 28.5. The summed E-state index contributed by atoms with van der Waals surface area (Å²) >= 11 is 0. The Balaban J connectivity index is 3.12. The third-order valence-corrected chi connectivity index (χ3v) is 7.25. The molecular formula is C31H46N2O3S. The van der Waals surface area contributed by atoms with Crippen molar-refractivity contribution >= 4 is 32.9 Å². The third kappa shape index (κ3) is 7.38. The van der Waals surface area contributed by atoms with Crippen molar-refractivity contribution in [3.8, 4) is 0 Å². The first-order valence-electron chi connectivity index (χ1n) is 13.2. The average Bonchev–Trinajstić information content (AvgIpc) is 2.73. The molecule has 0 aliphatic rings. The van der Waals surface area contributed by atoms with Crippen LogP contribution in [-0.2, 0) is 10.1 Å². The molecule has 0 unspecified atom stereocenters. The molecule has 0 aliphatic heterocycles. The first-order valence-corrected chi connectivity index (χ1v) is 14.6. The second-order valence-corrected chi connectivity index (χ2v) is 14.2. The van der Waals surface area contributed by atoms with E-state index in [0.717, 1.165) is 17.0 Å². The molecule has 2 aromatic carbocycles. The predicted octanol–water partition coefficient (Wildman–Crippen LogP) is 9.24. The first kappa shape index (κ1) is 30.9. The van der Waals surface area contributed by atoms with Gasteiger partial charge in [0, 0.05) is 10.8 Å². The molecule has 0 radical (unpaired) electrons. The zero-order valence-corrected chi connectivity index (χ0v) is 25.6. The highest BCUT2D eigenvalue weighted by molar-refractivity contribution is 7.86. The van der Waals surface area contributed by atoms with E-state index >= 15 is 0 Å². The van der Waals surface area contributed by atoms with Crippen molar-refractivity contribution in [2.75, 3.05) is 0 Å². The minimum absolute atomic E-state index is 0.00547. The number of hydrogen-bond donors (Lipinski definition) is 1. The van der Waals surface area contributed by atoms with Crippen molar-refractivity contribution in [1.82, 2.24) is 0 Å². The molecule has 0 amide bonds. The van der Waals surface area contributed by atoms with Crippen molar-refractivity contribution in [2.24, 2.45) is 20.8 Å². The van der Waals surface area contributed by atoms with Crippen LogP contribution in [0.25, 0.3) is 0 Å². The van der Waals surface area contributed by atoms with E-state index in [-0.39, 0.29) is 28.3 Å². The van der Waals surface area contributed by atoms with E-state index in [1.165, 1.54) is 17.2 Å². The van der Waals surface area contributed by atoms with E-state index in [1.807, 2.05) is 19.9 Å². The Morgan fingerprint density at radius 2 is 0.973 bits per heavy atom. The zero-order valence-electron chi connectivity index (χ0n) is 24.8. The molecule has 204 valence electrons. The second kappa shape index (κ2) is 11.2. The molecule has 6 heteroatoms. The largest absolute Gasteiger partial charge is 0.296 e. The van der Waals surface area contributed by atoms with Crippen LogP contribution in [0.4, 0.5) is 11.4 Å². The topological polar surface area (TPSA) is 79.1 Å². The van der Waals surface area contributed by atoms with Crippen molar-refractivity contribution in [1.29, 1.82) is 0 Å². The molecule has 0 bridgehead atoms. The fourth-order valence-corrected chi connectivity index (χ4v) is 5.01. The van der Waals surface area contributed by atoms with Crippen molar-refractivity contribution in [3.63, 3.8) is 0 Å². The standard InChI is InChI=1S/C31H46N2O3S/c1-19(2)22-15-13-16-23(20(3)4)26(22)32-28(30(7,8)9)29(31(10,11)12)33-27-24(21(5)6)17-14-18-25(27)37(34,35)36/h13-21H,1-12H3,(H,34,35,36). The van der Waals surface area contributed by atoms with Crippen molar-refractivity contribution < 1.29 is 13.0 Å². The van der Waals surface area contributed by atoms with Crippen LogP contribution >= 0.6 is 0 Å². The summed E-state index contributed by atoms with van der Waals surface area (Å²) in [5, 5.41) is 0. The van der Waals surface area contributed by atoms with Crippen LogP contribution in [-0.4, -0.2) is 24.4 Å². The highest BCUT2D eigenvalue weighted by Gasteiger charge is 2.34. The number of benzene rings is 2. The number of hydrogen-bond acceptors (Lipinski definition) is 4. The summed E-state index contributed by atoms with van der Waals surface area (Å²) in [6.45, 7) is 25.2. The summed E-state index contributed by atoms with van der Waals surface area (Å²) < 4.78 is 34.9. The number of rotatable bonds is 7. The Labute approximate surface area is 225 Å². The van der Waals surface area contributed by atoms with Crippen molar-refractivity contribution in [3.05, 3.63) is 53.1 Å². The highest BCUT2D eigenvalue weighted by atomic mass is 32.2. The molecule has 0 heterocycles. The number of nitrogens with zero attached hydrogens (tertiary/aromatic N) is 2. The van der Waals surface area contributed by atoms with E-state index in [4.69, 9.17) is 9.98 Å². The van der Waals surface area contributed by atoms with Gasteiger partial charge in [-0.05, 0) is 40.5 Å². The van der Waals surface area contributed by atoms with Crippen LogP contribution in [0.2, 0.25) is 0 Å². The van der Waals surface area contributed by atoms with Gasteiger partial charge in [-0.1, -0.05) is 113 Å². The van der Waals surface area contributed by atoms with Gasteiger partial charge in [-0.25, -0.2) is 4.99 Å². The summed E-state index contributed by atoms with van der Waals surface area (Å²) in [5.41, 5.74) is 4.98. The van der Waals surface area contributed by atoms with Gasteiger partial charge in [-0.15, -0.1) is 0 Å². The Morgan fingerprint density at radius 3 is 1.30 bits per heavy atom. The van der Waals surface area contributed by atoms with Crippen LogP contribution in [0.5, 0.6) is 0 Å². The minimum Gasteiger partial charge on any atom is -0.282 e. The summed E-state index contributed by atoms with van der Waals surface area (Å²) in [6.07, 6.45) is 0. The molecule has 0 spiro atoms. The molecule has 37 heavy (non-hydrogen) atoms. The van der Waals surface area contributed by atoms with E-state index in [0.29, 0.717) is 5.71 Å². The van der Waals surface area contributed by atoms with Gasteiger partial charge in [-0.3, -0.25) is 9.55 Å². The molecule has 0 atom stereocenters. The molecular weight excluding hydrogens is 480 g/mol. The predicted molar refractivity (Wildman–Crippen MR) is 158 cm³/mol. The van der Waals surface area contributed by atoms with Gasteiger partial charge < -0.3 is 0 Å². The maximum Gasteiger partial charge on any atom is 0.296 e. The summed E-state index contributed by atoms with van der Waals surface area (Å²) in [6, 6.07) is 11.3. The Hall–Kier alpha value is -2.31. The third-order valence-electron chi connectivity index (χ3n) is 6.36. The van der Waals surface area contributed by atoms with Gasteiger partial charge in [0.25, 0.3) is 10.1 Å². The second-order valence-electron chi connectivity index (χ2n) is 12.8. The fraction of sp³-hybridized carbons (Fsp3) is 0.548. The Kier molecular flexibility index (Phi) is 9.36. The van der Waals surface area contributed by atoms with Crippen LogP contribution in [0.3, 0.4) is 0 Å². The lowest BCUT2D eigenvalue weighted by atomic mass is 9.77. The van der Waals surface area contributed by atoms with Crippen LogP contribution in [0.15, 0.2) is 51.3 Å². The molecule has 1 N–H and O–H groups in total. The monoisotopic (exact) mass is 526 g/mol. The molecule has 0 aromatic heterocycles. The molecule has 0 saturated heterocycles. The van der Waals surface area contributed by atoms with Gasteiger partial charge in [0.15, 0.2) is 0 Å². The van der Waals surface area contributed by atoms with Crippen molar-refractivity contribution in [2.45, 2.75) is 106 Å². The van der Waals surface area contributed by atoms with Crippen LogP contribution < -0.4 is 0 Å². The molecule has 2 aromatic rings. The molecule has 0 saturated carbocycles. The van der Waals surface area contributed by atoms with E-state index in [2.05, 4.69) is 87.4 Å². The molecule has 5 nitrogen and oxygen atoms in total. The van der Waals surface area contributed by atoms with Gasteiger partial charge >= 0.3 is 0 Å². The van der Waals surface area contributed by atoms with Gasteiger partial charge in [0.1, 0.15) is 4.90 Å². The fourth-order valence-electron chi connectivity index (χ4n) is 4.35. The smallest absolute Gasteiger partial charge is 0.282 e. The lowest BCUT2D eigenvalue weighted by molar-refractivity contribution is 0.483. The maximum atomic E-state index is 12.4. The summed E-state index contributed by atoms with van der Waals surface area (Å²) in [5.74, 6) is 0.564. The quantitative estimate of drug-likeness (QED) is 0.288. The van der Waals surface area contributed by atoms with Crippen LogP contribution in [0.1, 0.15) is 118 Å². The van der Waals surface area contributed by atoms with E-state index in [9.17, 15) is 13.0 Å². The van der Waals surface area contributed by atoms with Crippen LogP contribution in [0, 0.1) is 10.8 Å². The average molecular weight is 527 g/mol. The van der Waals surface area contributed by atoms with Gasteiger partial charge in [0.05, 0.1) is 22.8 Å². The first-order chi connectivity index (χ1) is 16.8. The maximum absolute atomic E-state index is 12.4. The SMILES string of the molecule is CC(C)c1cccc(C(C)C)c1N=C(C(=Nc1c(C(C)C)cccc1S(=O)(=O)O)C(C)(C)C)C(C)(C)C. The molecule has 0 aliphatic carbocycles.